The van der Waals surface area contributed by atoms with Crippen LogP contribution in [-0.4, -0.2) is 60.3 Å². The number of sulfonamides is 1. The molecule has 0 amide bonds. The van der Waals surface area contributed by atoms with Gasteiger partial charge in [-0.3, -0.25) is 9.59 Å². The van der Waals surface area contributed by atoms with Crippen molar-refractivity contribution in [3.63, 3.8) is 0 Å². The first-order chi connectivity index (χ1) is 25.1. The Morgan fingerprint density at radius 1 is 1.09 bits per heavy atom. The fourth-order valence-electron chi connectivity index (χ4n) is 9.18. The number of Topliss-reactive ketones (excluding diaryl/α,β-unsaturated/α-hetero) is 1. The number of rotatable bonds is 12. The van der Waals surface area contributed by atoms with Crippen LogP contribution in [0.15, 0.2) is 83.2 Å². The highest BCUT2D eigenvalue weighted by Gasteiger charge is 2.68. The number of thioether (sulfide) groups is 1. The van der Waals surface area contributed by atoms with Crippen molar-refractivity contribution >= 4 is 45.2 Å². The van der Waals surface area contributed by atoms with Crippen molar-refractivity contribution in [1.29, 1.82) is 0 Å². The molecule has 0 saturated heterocycles. The number of methoxy groups -OCH3 is 1. The van der Waals surface area contributed by atoms with Gasteiger partial charge in [0.05, 0.1) is 23.9 Å². The number of esters is 1. The van der Waals surface area contributed by atoms with Gasteiger partial charge in [-0.25, -0.2) is 18.1 Å². The van der Waals surface area contributed by atoms with Crippen molar-refractivity contribution in [3.05, 3.63) is 79.0 Å². The number of ketones is 1. The molecule has 3 aliphatic carbocycles. The van der Waals surface area contributed by atoms with Crippen molar-refractivity contribution in [2.75, 3.05) is 22.9 Å². The normalized spacial score (nSPS) is 31.1. The monoisotopic (exact) mass is 762 g/mol. The molecular formula is C40H50N4O7S2. The van der Waals surface area contributed by atoms with Crippen molar-refractivity contribution in [1.82, 2.24) is 9.97 Å². The molecule has 3 aliphatic rings. The van der Waals surface area contributed by atoms with Crippen molar-refractivity contribution in [3.8, 4) is 5.88 Å². The molecule has 3 fully saturated rings. The van der Waals surface area contributed by atoms with Crippen LogP contribution in [0.5, 0.6) is 5.88 Å². The van der Waals surface area contributed by atoms with Gasteiger partial charge in [0.25, 0.3) is 10.0 Å². The minimum absolute atomic E-state index is 0.0633. The molecule has 2 bridgehead atoms. The summed E-state index contributed by atoms with van der Waals surface area (Å²) in [6.45, 7) is 13.0. The van der Waals surface area contributed by atoms with Crippen LogP contribution in [0.4, 0.5) is 11.6 Å². The molecule has 53 heavy (non-hydrogen) atoms. The average Bonchev–Trinajstić information content (AvgIpc) is 3.51. The van der Waals surface area contributed by atoms with Gasteiger partial charge in [0.1, 0.15) is 11.9 Å². The van der Waals surface area contributed by atoms with E-state index in [1.807, 2.05) is 37.3 Å². The van der Waals surface area contributed by atoms with Crippen LogP contribution < -0.4 is 14.8 Å². The van der Waals surface area contributed by atoms with E-state index in [-0.39, 0.29) is 57.4 Å². The molecule has 2 aromatic carbocycles. The van der Waals surface area contributed by atoms with Crippen LogP contribution in [0.1, 0.15) is 65.4 Å². The number of aromatic nitrogens is 2. The molecule has 1 heterocycles. The number of carbonyl (C=O) groups excluding carboxylic acids is 2. The lowest BCUT2D eigenvalue weighted by Crippen LogP contribution is -2.63. The van der Waals surface area contributed by atoms with Gasteiger partial charge in [-0.1, -0.05) is 45.9 Å². The van der Waals surface area contributed by atoms with E-state index in [9.17, 15) is 23.1 Å². The number of ether oxygens (including phenoxy) is 2. The number of anilines is 2. The van der Waals surface area contributed by atoms with Gasteiger partial charge in [0.2, 0.25) is 11.8 Å². The van der Waals surface area contributed by atoms with Crippen LogP contribution in [-0.2, 0) is 30.9 Å². The third-order valence-corrected chi connectivity index (χ3v) is 14.9. The Labute approximate surface area is 316 Å². The van der Waals surface area contributed by atoms with Gasteiger partial charge in [0.15, 0.2) is 0 Å². The molecule has 3 N–H and O–H groups in total. The zero-order valence-corrected chi connectivity index (χ0v) is 32.6. The Balaban J connectivity index is 1.06. The average molecular weight is 763 g/mol. The lowest BCUT2D eigenvalue weighted by molar-refractivity contribution is -0.205. The smallest absolute Gasteiger partial charge is 0.316 e. The van der Waals surface area contributed by atoms with E-state index in [4.69, 9.17) is 9.47 Å². The molecule has 6 rings (SSSR count). The molecule has 0 unspecified atom stereocenters. The first-order valence-electron chi connectivity index (χ1n) is 18.1. The van der Waals surface area contributed by atoms with Gasteiger partial charge in [-0.05, 0) is 84.9 Å². The maximum absolute atomic E-state index is 13.7. The van der Waals surface area contributed by atoms with Gasteiger partial charge < -0.3 is 19.9 Å². The van der Waals surface area contributed by atoms with Crippen LogP contribution in [0, 0.1) is 34.0 Å². The summed E-state index contributed by atoms with van der Waals surface area (Å²) >= 11 is 1.39. The van der Waals surface area contributed by atoms with E-state index in [0.717, 1.165) is 35.4 Å². The topological polar surface area (TPSA) is 157 Å². The van der Waals surface area contributed by atoms with E-state index in [0.29, 0.717) is 19.4 Å². The zero-order chi connectivity index (χ0) is 38.2. The van der Waals surface area contributed by atoms with Crippen molar-refractivity contribution < 1.29 is 32.6 Å². The second-order valence-corrected chi connectivity index (χ2v) is 18.1. The van der Waals surface area contributed by atoms with Gasteiger partial charge in [-0.15, -0.1) is 18.3 Å². The highest BCUT2D eigenvalue weighted by Crippen LogP contribution is 2.68. The SMILES string of the molecule is C=C[C@]1(C)C[C@@H](OC(=O)CSc2ccc(CNc3ccc(S(=O)(=O)Nc4nccc(OC)n4)cc3)cc2)[C@]2(C)[C@H](C)CC[C@]3(CCC(=O)[C@H]32)[C@@H](C)[C@@H]1O. The predicted octanol–water partition coefficient (Wildman–Crippen LogP) is 6.90. The van der Waals surface area contributed by atoms with Crippen molar-refractivity contribution in [2.45, 2.75) is 88.3 Å². The maximum atomic E-state index is 13.7. The number of nitrogens with one attached hydrogen (secondary N) is 2. The summed E-state index contributed by atoms with van der Waals surface area (Å²) in [5.41, 5.74) is 0.210. The second-order valence-electron chi connectivity index (χ2n) is 15.4. The summed E-state index contributed by atoms with van der Waals surface area (Å²) < 4.78 is 39.4. The Bertz CT molecular complexity index is 1940. The summed E-state index contributed by atoms with van der Waals surface area (Å²) in [6, 6.07) is 15.7. The molecule has 13 heteroatoms. The van der Waals surface area contributed by atoms with Gasteiger partial charge in [-0.2, -0.15) is 4.98 Å². The van der Waals surface area contributed by atoms with Gasteiger partial charge >= 0.3 is 5.97 Å². The van der Waals surface area contributed by atoms with E-state index in [1.54, 1.807) is 12.1 Å². The number of aliphatic hydroxyl groups excluding tert-OH is 1. The fraction of sp³-hybridized carbons (Fsp3) is 0.500. The van der Waals surface area contributed by atoms with Crippen molar-refractivity contribution in [2.24, 2.45) is 34.0 Å². The predicted molar refractivity (Wildman–Crippen MR) is 205 cm³/mol. The summed E-state index contributed by atoms with van der Waals surface area (Å²) in [4.78, 5) is 36.1. The number of nitrogens with zero attached hydrogens (tertiary/aromatic N) is 2. The molecule has 3 saturated carbocycles. The Hall–Kier alpha value is -3.94. The Morgan fingerprint density at radius 2 is 1.81 bits per heavy atom. The molecule has 1 aromatic heterocycles. The highest BCUT2D eigenvalue weighted by molar-refractivity contribution is 8.00. The van der Waals surface area contributed by atoms with Crippen LogP contribution in [0.3, 0.4) is 0 Å². The lowest BCUT2D eigenvalue weighted by atomic mass is 9.44. The summed E-state index contributed by atoms with van der Waals surface area (Å²) in [5.74, 6) is 0.00840. The standard InChI is InChI=1S/C40H50N4O7S2/c1-7-38(4)22-32(39(5)25(2)16-19-40(26(3)36(38)47)20-17-31(45)35(39)40)51-34(46)24-52-29-12-8-27(9-13-29)23-42-28-10-14-30(15-11-28)53(48,49)44-37-41-21-18-33(43-37)50-6/h7-15,18,21,25-26,32,35-36,42,47H,1,16-17,19-20,22-24H2,2-6H3,(H,41,43,44)/t25-,26+,32-,35+,36+,38-,39+,40+/m1/s1. The third-order valence-electron chi connectivity index (χ3n) is 12.6. The molecule has 0 radical (unpaired) electrons. The Morgan fingerprint density at radius 3 is 2.49 bits per heavy atom. The number of aliphatic hydroxyl groups is 1. The Kier molecular flexibility index (Phi) is 11.0. The molecule has 3 aromatic rings. The van der Waals surface area contributed by atoms with Crippen LogP contribution in [0.2, 0.25) is 0 Å². The summed E-state index contributed by atoms with van der Waals surface area (Å²) in [7, 11) is -2.46. The molecule has 0 spiro atoms. The van der Waals surface area contributed by atoms with Crippen LogP contribution >= 0.6 is 11.8 Å². The first kappa shape index (κ1) is 38.8. The maximum Gasteiger partial charge on any atom is 0.316 e. The zero-order valence-electron chi connectivity index (χ0n) is 31.0. The summed E-state index contributed by atoms with van der Waals surface area (Å²) in [5, 5.41) is 15.1. The first-order valence-corrected chi connectivity index (χ1v) is 20.6. The third kappa shape index (κ3) is 7.44. The fourth-order valence-corrected chi connectivity index (χ4v) is 10.8. The largest absolute Gasteiger partial charge is 0.481 e. The molecule has 8 atom stereocenters. The van der Waals surface area contributed by atoms with Gasteiger partial charge in [0, 0.05) is 52.6 Å². The number of carbonyl (C=O) groups is 2. The lowest BCUT2D eigenvalue weighted by Gasteiger charge is -2.61. The van der Waals surface area contributed by atoms with E-state index >= 15 is 0 Å². The number of benzene rings is 2. The number of hydrogen-bond donors (Lipinski definition) is 3. The summed E-state index contributed by atoms with van der Waals surface area (Å²) in [6.07, 6.45) is 5.49. The number of hydrogen-bond acceptors (Lipinski definition) is 11. The van der Waals surface area contributed by atoms with E-state index in [1.165, 1.54) is 43.3 Å². The quantitative estimate of drug-likeness (QED) is 0.100. The van der Waals surface area contributed by atoms with E-state index < -0.39 is 33.1 Å². The minimum Gasteiger partial charge on any atom is -0.481 e. The van der Waals surface area contributed by atoms with Crippen LogP contribution in [0.25, 0.3) is 0 Å². The highest BCUT2D eigenvalue weighted by atomic mass is 32.2. The minimum atomic E-state index is -3.90. The van der Waals surface area contributed by atoms with E-state index in [2.05, 4.69) is 47.4 Å². The molecular weight excluding hydrogens is 713 g/mol. The molecule has 284 valence electrons. The second kappa shape index (κ2) is 15.1. The molecule has 0 aliphatic heterocycles. The molecule has 11 nitrogen and oxygen atoms in total.